The maximum Gasteiger partial charge on any atom is 0.321 e. The van der Waals surface area contributed by atoms with Crippen LogP contribution in [0.3, 0.4) is 0 Å². The number of benzene rings is 1. The lowest BCUT2D eigenvalue weighted by Gasteiger charge is -2.23. The first kappa shape index (κ1) is 20.6. The summed E-state index contributed by atoms with van der Waals surface area (Å²) in [5.74, 6) is 1.82. The van der Waals surface area contributed by atoms with Gasteiger partial charge in [0.15, 0.2) is 18.0 Å². The molecule has 1 aromatic carbocycles. The summed E-state index contributed by atoms with van der Waals surface area (Å²) in [5.41, 5.74) is 2.43. The Morgan fingerprint density at radius 1 is 1.19 bits per heavy atom. The Bertz CT molecular complexity index is 999. The summed E-state index contributed by atoms with van der Waals surface area (Å²) in [4.78, 5) is 26.9. The van der Waals surface area contributed by atoms with Gasteiger partial charge >= 0.3 is 6.03 Å². The molecule has 2 aromatic heterocycles. The number of carbonyl (C=O) groups excluding carboxylic acids is 1. The number of hydrogen-bond acceptors (Lipinski definition) is 7. The number of rotatable bonds is 7. The normalized spacial score (nSPS) is 13.7. The fraction of sp³-hybridized carbons (Fsp3) is 0.364. The van der Waals surface area contributed by atoms with Crippen LogP contribution in [0.5, 0.6) is 0 Å². The Morgan fingerprint density at radius 3 is 2.65 bits per heavy atom. The van der Waals surface area contributed by atoms with E-state index in [0.717, 1.165) is 24.1 Å². The Kier molecular flexibility index (Phi) is 6.30. The van der Waals surface area contributed by atoms with Crippen LogP contribution in [-0.4, -0.2) is 40.6 Å². The van der Waals surface area contributed by atoms with Crippen LogP contribution in [0.4, 0.5) is 27.9 Å². The summed E-state index contributed by atoms with van der Waals surface area (Å²) in [6.07, 6.45) is 9.36. The van der Waals surface area contributed by atoms with Gasteiger partial charge in [-0.05, 0) is 44.0 Å². The lowest BCUT2D eigenvalue weighted by atomic mass is 10.2. The molecule has 1 fully saturated rings. The number of nitrogens with zero attached hydrogens (tertiary/aromatic N) is 4. The summed E-state index contributed by atoms with van der Waals surface area (Å²) in [7, 11) is 1.72. The molecule has 0 bridgehead atoms. The molecule has 1 aliphatic rings. The van der Waals surface area contributed by atoms with Crippen molar-refractivity contribution in [1.29, 1.82) is 0 Å². The average Bonchev–Trinajstić information content (AvgIpc) is 3.49. The number of nitrogens with one attached hydrogen (secondary N) is 3. The highest BCUT2D eigenvalue weighted by Gasteiger charge is 2.21. The van der Waals surface area contributed by atoms with E-state index in [0.29, 0.717) is 35.8 Å². The third-order valence-electron chi connectivity index (χ3n) is 5.32. The van der Waals surface area contributed by atoms with Crippen molar-refractivity contribution >= 4 is 29.2 Å². The zero-order chi connectivity index (χ0) is 21.6. The molecule has 162 valence electrons. The van der Waals surface area contributed by atoms with Crippen molar-refractivity contribution in [2.75, 3.05) is 29.1 Å². The van der Waals surface area contributed by atoms with Crippen LogP contribution >= 0.6 is 0 Å². The van der Waals surface area contributed by atoms with E-state index >= 15 is 0 Å². The fourth-order valence-corrected chi connectivity index (χ4v) is 3.64. The van der Waals surface area contributed by atoms with E-state index in [-0.39, 0.29) is 6.03 Å². The van der Waals surface area contributed by atoms with Gasteiger partial charge in [0.2, 0.25) is 5.95 Å². The zero-order valence-corrected chi connectivity index (χ0v) is 17.8. The molecule has 3 aromatic rings. The molecule has 0 atom stereocenters. The molecule has 31 heavy (non-hydrogen) atoms. The molecular formula is C22H27N7O2. The summed E-state index contributed by atoms with van der Waals surface area (Å²) < 4.78 is 5.33. The van der Waals surface area contributed by atoms with Crippen LogP contribution in [0.2, 0.25) is 0 Å². The van der Waals surface area contributed by atoms with Gasteiger partial charge in [0.25, 0.3) is 0 Å². The molecule has 3 N–H and O–H groups in total. The van der Waals surface area contributed by atoms with Crippen molar-refractivity contribution in [3.8, 4) is 11.3 Å². The van der Waals surface area contributed by atoms with Crippen molar-refractivity contribution in [3.63, 3.8) is 0 Å². The Labute approximate surface area is 181 Å². The minimum absolute atomic E-state index is 0.190. The molecule has 0 spiro atoms. The van der Waals surface area contributed by atoms with Gasteiger partial charge in [-0.2, -0.15) is 4.98 Å². The van der Waals surface area contributed by atoms with Crippen LogP contribution in [-0.2, 0) is 0 Å². The first-order chi connectivity index (χ1) is 15.1. The molecule has 1 saturated carbocycles. The molecular weight excluding hydrogens is 394 g/mol. The number of anilines is 4. The minimum Gasteiger partial charge on any atom is -0.444 e. The highest BCUT2D eigenvalue weighted by Crippen LogP contribution is 2.29. The number of oxazole rings is 1. The Morgan fingerprint density at radius 2 is 1.97 bits per heavy atom. The zero-order valence-electron chi connectivity index (χ0n) is 17.8. The van der Waals surface area contributed by atoms with Gasteiger partial charge in [-0.3, -0.25) is 4.90 Å². The van der Waals surface area contributed by atoms with Crippen LogP contribution < -0.4 is 20.9 Å². The fourth-order valence-electron chi connectivity index (χ4n) is 3.64. The monoisotopic (exact) mass is 421 g/mol. The first-order valence-corrected chi connectivity index (χ1v) is 10.5. The summed E-state index contributed by atoms with van der Waals surface area (Å²) >= 11 is 0. The van der Waals surface area contributed by atoms with Crippen LogP contribution in [0.25, 0.3) is 11.3 Å². The Balaban J connectivity index is 1.55. The van der Waals surface area contributed by atoms with Gasteiger partial charge in [-0.15, -0.1) is 0 Å². The number of amides is 2. The van der Waals surface area contributed by atoms with E-state index in [9.17, 15) is 4.79 Å². The average molecular weight is 422 g/mol. The molecule has 0 radical (unpaired) electrons. The molecule has 9 nitrogen and oxygen atoms in total. The van der Waals surface area contributed by atoms with Crippen molar-refractivity contribution in [3.05, 3.63) is 43.1 Å². The lowest BCUT2D eigenvalue weighted by Crippen LogP contribution is -2.38. The molecule has 0 aliphatic heterocycles. The minimum atomic E-state index is -0.190. The van der Waals surface area contributed by atoms with Crippen LogP contribution in [0.15, 0.2) is 47.5 Å². The third kappa shape index (κ3) is 4.93. The second-order valence-corrected chi connectivity index (χ2v) is 7.52. The quantitative estimate of drug-likeness (QED) is 0.519. The molecule has 4 rings (SSSR count). The van der Waals surface area contributed by atoms with Gasteiger partial charge in [-0.25, -0.2) is 14.8 Å². The smallest absolute Gasteiger partial charge is 0.321 e. The largest absolute Gasteiger partial charge is 0.444 e. The second kappa shape index (κ2) is 9.46. The molecule has 2 amide bonds. The second-order valence-electron chi connectivity index (χ2n) is 7.52. The predicted octanol–water partition coefficient (Wildman–Crippen LogP) is 4.40. The number of hydrogen-bond donors (Lipinski definition) is 3. The van der Waals surface area contributed by atoms with E-state index in [1.165, 1.54) is 24.1 Å². The summed E-state index contributed by atoms with van der Waals surface area (Å²) in [6.45, 7) is 2.44. The third-order valence-corrected chi connectivity index (χ3v) is 5.32. The van der Waals surface area contributed by atoms with Crippen molar-refractivity contribution in [2.24, 2.45) is 0 Å². The van der Waals surface area contributed by atoms with E-state index in [1.807, 2.05) is 31.2 Å². The van der Waals surface area contributed by atoms with Crippen molar-refractivity contribution in [2.45, 2.75) is 38.6 Å². The molecule has 1 aliphatic carbocycles. The van der Waals surface area contributed by atoms with Gasteiger partial charge in [-0.1, -0.05) is 12.8 Å². The molecule has 2 heterocycles. The Hall–Kier alpha value is -3.62. The van der Waals surface area contributed by atoms with Crippen LogP contribution in [0, 0.1) is 0 Å². The SMILES string of the molecule is CCNC(=O)N(C)c1cnc(Nc2ccc(-c3cnco3)cc2)nc1NC1CCCC1. The van der Waals surface area contributed by atoms with Gasteiger partial charge in [0.1, 0.15) is 5.69 Å². The molecule has 9 heteroatoms. The number of aromatic nitrogens is 3. The number of urea groups is 1. The first-order valence-electron chi connectivity index (χ1n) is 10.5. The van der Waals surface area contributed by atoms with Crippen molar-refractivity contribution < 1.29 is 9.21 Å². The maximum atomic E-state index is 12.3. The van der Waals surface area contributed by atoms with Gasteiger partial charge in [0, 0.05) is 30.9 Å². The topological polar surface area (TPSA) is 108 Å². The van der Waals surface area contributed by atoms with E-state index in [2.05, 4.69) is 30.9 Å². The predicted molar refractivity (Wildman–Crippen MR) is 121 cm³/mol. The molecule has 0 unspecified atom stereocenters. The molecule has 0 saturated heterocycles. The highest BCUT2D eigenvalue weighted by atomic mass is 16.3. The highest BCUT2D eigenvalue weighted by molar-refractivity contribution is 5.94. The van der Waals surface area contributed by atoms with E-state index < -0.39 is 0 Å². The van der Waals surface area contributed by atoms with Gasteiger partial charge in [0.05, 0.1) is 12.4 Å². The van der Waals surface area contributed by atoms with Crippen LogP contribution in [0.1, 0.15) is 32.6 Å². The number of carbonyl (C=O) groups is 1. The maximum absolute atomic E-state index is 12.3. The van der Waals surface area contributed by atoms with E-state index in [1.54, 1.807) is 19.4 Å². The standard InChI is InChI=1S/C22H27N7O2/c1-3-24-22(30)29(2)18-12-25-21(28-20(18)26-16-6-4-5-7-16)27-17-10-8-15(9-11-17)19-13-23-14-31-19/h8-14,16H,3-7H2,1-2H3,(H,24,30)(H2,25,26,27,28). The summed E-state index contributed by atoms with van der Waals surface area (Å²) in [5, 5.41) is 9.56. The van der Waals surface area contributed by atoms with Gasteiger partial charge < -0.3 is 20.4 Å². The van der Waals surface area contributed by atoms with E-state index in [4.69, 9.17) is 4.42 Å². The summed E-state index contributed by atoms with van der Waals surface area (Å²) in [6, 6.07) is 7.91. The van der Waals surface area contributed by atoms with Crippen molar-refractivity contribution in [1.82, 2.24) is 20.3 Å². The lowest BCUT2D eigenvalue weighted by molar-refractivity contribution is 0.248.